The van der Waals surface area contributed by atoms with Crippen LogP contribution in [-0.2, 0) is 46.5 Å². The number of nitrogens with two attached hydrogens (primary N) is 2. The zero-order valence-electron chi connectivity index (χ0n) is 37.2. The summed E-state index contributed by atoms with van der Waals surface area (Å²) < 4.78 is 60.0. The Bertz CT molecular complexity index is 2690. The number of nitrogen functional groups attached to an aromatic ring is 2. The molecule has 2 saturated heterocycles. The zero-order valence-corrected chi connectivity index (χ0v) is 39.0. The van der Waals surface area contributed by atoms with E-state index in [0.717, 1.165) is 16.6 Å². The fourth-order valence-corrected chi connectivity index (χ4v) is 8.60. The number of aliphatic hydroxyl groups excluding tert-OH is 1. The number of benzene rings is 1. The predicted molar refractivity (Wildman–Crippen MR) is 239 cm³/mol. The summed E-state index contributed by atoms with van der Waals surface area (Å²) >= 11 is 0. The SMILES string of the molecule is C=CCCC(=O)NCC1=NC(C(=O)OC2[C@@H](COP(=O)([O-])OC3C[C@H](n4ccc(N)nc4=O)O[C@@H]3COP(=O)([O-])O)O[C@@H](n3cnc4c(N)ncnc43)[C@H]2O)=C(c2ccc(N(C)C)cc2)C1.CC. The van der Waals surface area contributed by atoms with Crippen molar-refractivity contribution in [1.29, 1.82) is 0 Å². The molecule has 7 rings (SSSR count). The van der Waals surface area contributed by atoms with E-state index in [4.69, 9.17) is 34.7 Å². The van der Waals surface area contributed by atoms with Crippen molar-refractivity contribution in [3.8, 4) is 0 Å². The molecule has 4 unspecified atom stereocenters. The van der Waals surface area contributed by atoms with E-state index in [1.165, 1.54) is 23.2 Å². The van der Waals surface area contributed by atoms with Gasteiger partial charge in [0.2, 0.25) is 5.91 Å². The lowest BCUT2D eigenvalue weighted by Crippen LogP contribution is -2.39. The average molecular weight is 988 g/mol. The molecule has 1 aromatic carbocycles. The van der Waals surface area contributed by atoms with Gasteiger partial charge in [-0.25, -0.2) is 29.5 Å². The van der Waals surface area contributed by atoms with Gasteiger partial charge in [-0.05, 0) is 35.8 Å². The first-order valence-corrected chi connectivity index (χ1v) is 24.0. The monoisotopic (exact) mass is 987 g/mol. The van der Waals surface area contributed by atoms with Gasteiger partial charge >= 0.3 is 11.7 Å². The van der Waals surface area contributed by atoms with E-state index in [9.17, 15) is 43.3 Å². The van der Waals surface area contributed by atoms with E-state index in [1.807, 2.05) is 45.0 Å². The summed E-state index contributed by atoms with van der Waals surface area (Å²) in [6.07, 6.45) is -5.25. The summed E-state index contributed by atoms with van der Waals surface area (Å²) in [6.45, 7) is 5.73. The lowest BCUT2D eigenvalue weighted by Gasteiger charge is -2.30. The number of esters is 1. The van der Waals surface area contributed by atoms with Crippen LogP contribution in [0.25, 0.3) is 16.7 Å². The van der Waals surface area contributed by atoms with Crippen molar-refractivity contribution in [3.63, 3.8) is 0 Å². The van der Waals surface area contributed by atoms with Crippen molar-refractivity contribution in [2.75, 3.05) is 50.2 Å². The Morgan fingerprint density at radius 3 is 2.44 bits per heavy atom. The van der Waals surface area contributed by atoms with Crippen LogP contribution in [0.3, 0.4) is 0 Å². The summed E-state index contributed by atoms with van der Waals surface area (Å²) in [5.74, 6) is -1.42. The molecule has 3 aliphatic rings. The number of nitrogens with zero attached hydrogens (tertiary/aromatic N) is 8. The minimum Gasteiger partial charge on any atom is -0.756 e. The lowest BCUT2D eigenvalue weighted by molar-refractivity contribution is -0.235. The van der Waals surface area contributed by atoms with Crippen molar-refractivity contribution < 1.29 is 66.3 Å². The summed E-state index contributed by atoms with van der Waals surface area (Å²) in [6, 6.07) is 8.49. The van der Waals surface area contributed by atoms with E-state index in [1.54, 1.807) is 18.2 Å². The number of aliphatic hydroxyl groups is 1. The Kier molecular flexibility index (Phi) is 16.8. The second-order valence-electron chi connectivity index (χ2n) is 15.3. The average Bonchev–Trinajstić information content (AvgIpc) is 4.09. The van der Waals surface area contributed by atoms with Gasteiger partial charge in [0, 0.05) is 51.0 Å². The molecule has 0 radical (unpaired) electrons. The third kappa shape index (κ3) is 12.5. The number of phosphoric acid groups is 2. The Morgan fingerprint density at radius 2 is 1.76 bits per heavy atom. The third-order valence-electron chi connectivity index (χ3n) is 10.5. The molecular weight excluding hydrogens is 936 g/mol. The highest BCUT2D eigenvalue weighted by Crippen LogP contribution is 2.47. The van der Waals surface area contributed by atoms with Gasteiger partial charge in [0.15, 0.2) is 29.5 Å². The number of phosphoric ester groups is 2. The van der Waals surface area contributed by atoms with Crippen LogP contribution < -0.4 is 37.2 Å². The maximum Gasteiger partial charge on any atom is 0.357 e. The molecule has 4 aromatic rings. The number of rotatable bonds is 19. The molecule has 1 amide bonds. The quantitative estimate of drug-likeness (QED) is 0.0484. The van der Waals surface area contributed by atoms with Gasteiger partial charge in [-0.3, -0.25) is 23.1 Å². The summed E-state index contributed by atoms with van der Waals surface area (Å²) in [4.78, 5) is 95.8. The number of hydrogen-bond donors (Lipinski definition) is 5. The third-order valence-corrected chi connectivity index (χ3v) is 12.0. The number of hydrogen-bond acceptors (Lipinski definition) is 22. The first-order valence-electron chi connectivity index (χ1n) is 21.1. The number of fused-ring (bicyclic) bond motifs is 1. The standard InChI is InChI=1S/C38H47N11O15P2.C2H6/c1-4-5-6-28(50)41-15-21-13-23(20-7-9-22(10-8-20)47(2)3)30(45-21)37(52)63-33-26(62-36(32(33)51)49-19-44-31-34(40)42-18-43-35(31)49)17-60-66(57,58)64-24-14-29(48-12-11-27(39)46-38(48)53)61-25(24)16-59-65(54,55)56;1-2/h4,7-12,18-19,24-26,29,32-33,36,51H,1,5-6,13-17H2,2-3H3,(H,41,50)(H,57,58)(H2,39,46,53)(H2,40,42,43)(H2,54,55,56);1-2H3/p-2/t24?,25-,26-,29-,32+,33?,36-;/m1./s1. The van der Waals surface area contributed by atoms with Crippen LogP contribution in [-0.4, -0.2) is 121 Å². The molecule has 0 saturated carbocycles. The number of carbonyl (C=O) groups is 2. The molecule has 0 spiro atoms. The number of nitrogens with one attached hydrogen (secondary N) is 1. The Morgan fingerprint density at radius 1 is 1.04 bits per heavy atom. The van der Waals surface area contributed by atoms with Crippen LogP contribution in [0.4, 0.5) is 17.3 Å². The van der Waals surface area contributed by atoms with Gasteiger partial charge in [0.1, 0.15) is 42.2 Å². The fraction of sp³-hybridized carbons (Fsp3) is 0.450. The second-order valence-corrected chi connectivity index (χ2v) is 17.9. The zero-order chi connectivity index (χ0) is 49.5. The molecule has 368 valence electrons. The maximum atomic E-state index is 14.3. The minimum atomic E-state index is -5.50. The molecule has 0 bridgehead atoms. The molecule has 2 fully saturated rings. The fourth-order valence-electron chi connectivity index (χ4n) is 7.32. The van der Waals surface area contributed by atoms with Gasteiger partial charge < -0.3 is 69.3 Å². The highest BCUT2D eigenvalue weighted by Gasteiger charge is 2.49. The summed E-state index contributed by atoms with van der Waals surface area (Å²) in [5.41, 5.74) is 13.1. The lowest BCUT2D eigenvalue weighted by atomic mass is 10.00. The van der Waals surface area contributed by atoms with Gasteiger partial charge in [-0.15, -0.1) is 6.58 Å². The number of aromatic nitrogens is 6. The highest BCUT2D eigenvalue weighted by atomic mass is 31.2. The maximum absolute atomic E-state index is 14.3. The van der Waals surface area contributed by atoms with E-state index in [2.05, 4.69) is 41.3 Å². The van der Waals surface area contributed by atoms with Crippen LogP contribution in [0.2, 0.25) is 0 Å². The van der Waals surface area contributed by atoms with Crippen molar-refractivity contribution in [2.24, 2.45) is 4.99 Å². The Balaban J connectivity index is 0.00000376. The van der Waals surface area contributed by atoms with Crippen molar-refractivity contribution in [2.45, 2.75) is 82.5 Å². The van der Waals surface area contributed by atoms with Crippen LogP contribution in [0, 0.1) is 0 Å². The molecule has 68 heavy (non-hydrogen) atoms. The number of amides is 1. The second kappa shape index (κ2) is 22.1. The highest BCUT2D eigenvalue weighted by molar-refractivity contribution is 7.46. The number of imidazole rings is 1. The van der Waals surface area contributed by atoms with Crippen molar-refractivity contribution in [1.82, 2.24) is 34.4 Å². The largest absolute Gasteiger partial charge is 0.756 e. The number of allylic oxidation sites excluding steroid dienone is 2. The number of carbonyl (C=O) groups excluding carboxylic acids is 2. The molecule has 6 heterocycles. The van der Waals surface area contributed by atoms with E-state index >= 15 is 0 Å². The van der Waals surface area contributed by atoms with Crippen molar-refractivity contribution >= 4 is 67.3 Å². The minimum absolute atomic E-state index is 0.000148. The molecule has 3 aromatic heterocycles. The normalized spacial score (nSPS) is 24.1. The van der Waals surface area contributed by atoms with E-state index < -0.39 is 89.9 Å². The van der Waals surface area contributed by atoms with Crippen LogP contribution >= 0.6 is 15.6 Å². The van der Waals surface area contributed by atoms with Crippen LogP contribution in [0.1, 0.15) is 57.6 Å². The van der Waals surface area contributed by atoms with Crippen LogP contribution in [0.15, 0.2) is 77.3 Å². The Hall–Kier alpha value is -5.76. The van der Waals surface area contributed by atoms with Crippen molar-refractivity contribution in [3.05, 3.63) is 83.6 Å². The molecule has 26 nitrogen and oxygen atoms in total. The smallest absolute Gasteiger partial charge is 0.357 e. The van der Waals surface area contributed by atoms with E-state index in [0.29, 0.717) is 23.3 Å². The molecule has 0 aliphatic carbocycles. The predicted octanol–water partition coefficient (Wildman–Crippen LogP) is 0.483. The molecule has 7 N–H and O–H groups in total. The van der Waals surface area contributed by atoms with Gasteiger partial charge in [-0.1, -0.05) is 32.1 Å². The number of ether oxygens (including phenoxy) is 3. The van der Waals surface area contributed by atoms with Gasteiger partial charge in [0.25, 0.3) is 15.6 Å². The number of anilines is 3. The molecule has 3 aliphatic heterocycles. The summed E-state index contributed by atoms with van der Waals surface area (Å²) in [7, 11) is -7.13. The van der Waals surface area contributed by atoms with Gasteiger partial charge in [-0.2, -0.15) is 4.98 Å². The van der Waals surface area contributed by atoms with Crippen LogP contribution in [0.5, 0.6) is 0 Å². The molecular formula is C40H51N11O15P2-2. The summed E-state index contributed by atoms with van der Waals surface area (Å²) in [5, 5.41) is 14.6. The van der Waals surface area contributed by atoms with E-state index in [-0.39, 0.29) is 53.8 Å². The Labute approximate surface area is 388 Å². The molecule has 28 heteroatoms. The number of aliphatic imine (C=N–C) groups is 1. The first-order chi connectivity index (χ1) is 32.3. The molecule has 9 atom stereocenters. The first kappa shape index (κ1) is 51.6. The van der Waals surface area contributed by atoms with Gasteiger partial charge in [0.05, 0.1) is 32.2 Å². The topological polar surface area (TPSA) is 368 Å².